The summed E-state index contributed by atoms with van der Waals surface area (Å²) in [5.74, 6) is 0.869. The van der Waals surface area contributed by atoms with Crippen LogP contribution in [0.3, 0.4) is 0 Å². The van der Waals surface area contributed by atoms with Gasteiger partial charge >= 0.3 is 0 Å². The van der Waals surface area contributed by atoms with Gasteiger partial charge in [-0.2, -0.15) is 5.10 Å². The average Bonchev–Trinajstić information content (AvgIpc) is 2.85. The van der Waals surface area contributed by atoms with Crippen molar-refractivity contribution in [2.75, 3.05) is 12.4 Å². The van der Waals surface area contributed by atoms with Crippen LogP contribution in [0.2, 0.25) is 0 Å². The maximum atomic E-state index is 5.20. The fourth-order valence-corrected chi connectivity index (χ4v) is 3.02. The first-order valence-electron chi connectivity index (χ1n) is 6.68. The molecular formula is C15H18Br2N2O. The van der Waals surface area contributed by atoms with E-state index >= 15 is 0 Å². The number of methoxy groups -OCH3 is 1. The molecule has 0 aliphatic heterocycles. The zero-order chi connectivity index (χ0) is 14.4. The molecule has 0 aliphatic carbocycles. The van der Waals surface area contributed by atoms with Gasteiger partial charge in [0.1, 0.15) is 5.75 Å². The lowest BCUT2D eigenvalue weighted by Gasteiger charge is -2.09. The van der Waals surface area contributed by atoms with Crippen LogP contribution in [-0.2, 0) is 6.54 Å². The Hall–Kier alpha value is -0.810. The number of aromatic nitrogens is 2. The number of unbranched alkanes of at least 4 members (excludes halogenated alkanes) is 2. The largest absolute Gasteiger partial charge is 0.497 e. The number of aryl methyl sites for hydroxylation is 1. The zero-order valence-corrected chi connectivity index (χ0v) is 14.7. The molecule has 1 aromatic carbocycles. The molecule has 3 nitrogen and oxygen atoms in total. The van der Waals surface area contributed by atoms with E-state index in [-0.39, 0.29) is 0 Å². The second kappa shape index (κ2) is 7.84. The van der Waals surface area contributed by atoms with Crippen LogP contribution in [0.5, 0.6) is 5.75 Å². The van der Waals surface area contributed by atoms with Gasteiger partial charge in [0, 0.05) is 17.4 Å². The van der Waals surface area contributed by atoms with E-state index in [2.05, 4.69) is 53.8 Å². The Morgan fingerprint density at radius 2 is 1.90 bits per heavy atom. The highest BCUT2D eigenvalue weighted by Crippen LogP contribution is 2.29. The monoisotopic (exact) mass is 400 g/mol. The lowest BCUT2D eigenvalue weighted by Crippen LogP contribution is -2.02. The van der Waals surface area contributed by atoms with Gasteiger partial charge in [-0.1, -0.05) is 22.4 Å². The predicted octanol–water partition coefficient (Wildman–Crippen LogP) is 4.89. The molecule has 20 heavy (non-hydrogen) atoms. The van der Waals surface area contributed by atoms with Crippen molar-refractivity contribution in [1.29, 1.82) is 0 Å². The third kappa shape index (κ3) is 3.85. The van der Waals surface area contributed by atoms with Gasteiger partial charge < -0.3 is 4.74 Å². The first-order chi connectivity index (χ1) is 9.76. The molecule has 0 spiro atoms. The molecule has 2 rings (SSSR count). The van der Waals surface area contributed by atoms with E-state index < -0.39 is 0 Å². The summed E-state index contributed by atoms with van der Waals surface area (Å²) in [4.78, 5) is 0. The van der Waals surface area contributed by atoms with Crippen LogP contribution in [0.15, 0.2) is 34.9 Å². The Morgan fingerprint density at radius 1 is 1.15 bits per heavy atom. The van der Waals surface area contributed by atoms with Crippen molar-refractivity contribution in [3.05, 3.63) is 34.9 Å². The number of hydrogen-bond acceptors (Lipinski definition) is 2. The standard InChI is InChI=1S/C15H18Br2N2O/c1-20-13-7-5-12(6-8-13)15-14(17)11-18-19(15)10-4-2-3-9-16/h5-8,11H,2-4,9-10H2,1H3. The lowest BCUT2D eigenvalue weighted by atomic mass is 10.1. The summed E-state index contributed by atoms with van der Waals surface area (Å²) in [6, 6.07) is 8.08. The Balaban J connectivity index is 2.15. The molecule has 1 aromatic heterocycles. The second-order valence-corrected chi connectivity index (χ2v) is 6.19. The zero-order valence-electron chi connectivity index (χ0n) is 11.5. The number of alkyl halides is 1. The van der Waals surface area contributed by atoms with Gasteiger partial charge in [-0.3, -0.25) is 4.68 Å². The van der Waals surface area contributed by atoms with E-state index in [0.717, 1.165) is 39.8 Å². The quantitative estimate of drug-likeness (QED) is 0.488. The SMILES string of the molecule is COc1ccc(-c2c(Br)cnn2CCCCCBr)cc1. The van der Waals surface area contributed by atoms with Crippen LogP contribution in [0.1, 0.15) is 19.3 Å². The molecule has 0 N–H and O–H groups in total. The van der Waals surface area contributed by atoms with E-state index in [9.17, 15) is 0 Å². The van der Waals surface area contributed by atoms with Crippen molar-refractivity contribution in [3.8, 4) is 17.0 Å². The van der Waals surface area contributed by atoms with Gasteiger partial charge in [-0.25, -0.2) is 0 Å². The minimum atomic E-state index is 0.869. The molecule has 0 aliphatic rings. The Morgan fingerprint density at radius 3 is 2.55 bits per heavy atom. The fourth-order valence-electron chi connectivity index (χ4n) is 2.10. The molecule has 0 radical (unpaired) electrons. The van der Waals surface area contributed by atoms with Crippen molar-refractivity contribution >= 4 is 31.9 Å². The average molecular weight is 402 g/mol. The van der Waals surface area contributed by atoms with Gasteiger partial charge in [0.25, 0.3) is 0 Å². The fraction of sp³-hybridized carbons (Fsp3) is 0.400. The molecule has 2 aromatic rings. The number of rotatable bonds is 7. The van der Waals surface area contributed by atoms with E-state index in [4.69, 9.17) is 4.74 Å². The second-order valence-electron chi connectivity index (χ2n) is 4.54. The first kappa shape index (κ1) is 15.6. The summed E-state index contributed by atoms with van der Waals surface area (Å²) in [7, 11) is 1.68. The predicted molar refractivity (Wildman–Crippen MR) is 89.6 cm³/mol. The molecule has 0 fully saturated rings. The van der Waals surface area contributed by atoms with Crippen LogP contribution >= 0.6 is 31.9 Å². The smallest absolute Gasteiger partial charge is 0.118 e. The number of ether oxygens (including phenoxy) is 1. The highest BCUT2D eigenvalue weighted by atomic mass is 79.9. The minimum absolute atomic E-state index is 0.869. The van der Waals surface area contributed by atoms with Crippen LogP contribution in [-0.4, -0.2) is 22.2 Å². The van der Waals surface area contributed by atoms with Crippen molar-refractivity contribution < 1.29 is 4.74 Å². The van der Waals surface area contributed by atoms with Crippen LogP contribution in [0, 0.1) is 0 Å². The first-order valence-corrected chi connectivity index (χ1v) is 8.59. The lowest BCUT2D eigenvalue weighted by molar-refractivity contribution is 0.415. The summed E-state index contributed by atoms with van der Waals surface area (Å²) in [5.41, 5.74) is 2.28. The van der Waals surface area contributed by atoms with Crippen LogP contribution in [0.4, 0.5) is 0 Å². The summed E-state index contributed by atoms with van der Waals surface area (Å²) < 4.78 is 8.30. The Bertz CT molecular complexity index is 537. The molecule has 0 saturated heterocycles. The molecule has 5 heteroatoms. The highest BCUT2D eigenvalue weighted by Gasteiger charge is 2.11. The van der Waals surface area contributed by atoms with Crippen molar-refractivity contribution in [1.82, 2.24) is 9.78 Å². The summed E-state index contributed by atoms with van der Waals surface area (Å²) >= 11 is 7.05. The molecule has 0 amide bonds. The van der Waals surface area contributed by atoms with Crippen molar-refractivity contribution in [3.63, 3.8) is 0 Å². The summed E-state index contributed by atoms with van der Waals surface area (Å²) in [6.07, 6.45) is 5.43. The Kier molecular flexibility index (Phi) is 6.10. The maximum absolute atomic E-state index is 5.20. The maximum Gasteiger partial charge on any atom is 0.118 e. The van der Waals surface area contributed by atoms with Crippen LogP contribution < -0.4 is 4.74 Å². The van der Waals surface area contributed by atoms with Crippen molar-refractivity contribution in [2.24, 2.45) is 0 Å². The number of hydrogen-bond donors (Lipinski definition) is 0. The highest BCUT2D eigenvalue weighted by molar-refractivity contribution is 9.10. The third-order valence-corrected chi connectivity index (χ3v) is 4.30. The van der Waals surface area contributed by atoms with Gasteiger partial charge in [-0.15, -0.1) is 0 Å². The van der Waals surface area contributed by atoms with Crippen LogP contribution in [0.25, 0.3) is 11.3 Å². The third-order valence-electron chi connectivity index (χ3n) is 3.16. The van der Waals surface area contributed by atoms with Gasteiger partial charge in [0.05, 0.1) is 23.5 Å². The van der Waals surface area contributed by atoms with E-state index in [1.54, 1.807) is 7.11 Å². The number of benzene rings is 1. The topological polar surface area (TPSA) is 27.1 Å². The van der Waals surface area contributed by atoms with E-state index in [0.29, 0.717) is 0 Å². The molecule has 108 valence electrons. The molecule has 0 atom stereocenters. The molecule has 0 unspecified atom stereocenters. The van der Waals surface area contributed by atoms with Gasteiger partial charge in [-0.05, 0) is 53.0 Å². The molecule has 1 heterocycles. The van der Waals surface area contributed by atoms with Gasteiger partial charge in [0.2, 0.25) is 0 Å². The molecular weight excluding hydrogens is 384 g/mol. The normalized spacial score (nSPS) is 10.8. The van der Waals surface area contributed by atoms with Crippen molar-refractivity contribution in [2.45, 2.75) is 25.8 Å². The number of halogens is 2. The van der Waals surface area contributed by atoms with E-state index in [1.807, 2.05) is 18.3 Å². The number of nitrogens with zero attached hydrogens (tertiary/aromatic N) is 2. The minimum Gasteiger partial charge on any atom is -0.497 e. The molecule has 0 saturated carbocycles. The Labute approximate surface area is 136 Å². The molecule has 0 bridgehead atoms. The van der Waals surface area contributed by atoms with Gasteiger partial charge in [0.15, 0.2) is 0 Å². The summed E-state index contributed by atoms with van der Waals surface area (Å²) in [6.45, 7) is 0.944. The summed E-state index contributed by atoms with van der Waals surface area (Å²) in [5, 5.41) is 5.53. The van der Waals surface area contributed by atoms with E-state index in [1.165, 1.54) is 12.8 Å².